The standard InChI is InChI=1S/C25H24N4O2S/c1-3-31-25(30)21-15-27-23(20-7-5-4-6-8-20)29-24(21)26-14-13-18-9-11-19(12-10-18)22-16-32-17(2)28-22/h4-12,15-16H,3,13-14H2,1-2H3,(H,26,27,29). The van der Waals surface area contributed by atoms with Gasteiger partial charge in [-0.15, -0.1) is 11.3 Å². The Morgan fingerprint density at radius 1 is 1.03 bits per heavy atom. The van der Waals surface area contributed by atoms with Gasteiger partial charge >= 0.3 is 5.97 Å². The number of anilines is 1. The van der Waals surface area contributed by atoms with Crippen LogP contribution in [0.5, 0.6) is 0 Å². The van der Waals surface area contributed by atoms with Gasteiger partial charge in [0.25, 0.3) is 0 Å². The molecule has 0 radical (unpaired) electrons. The molecular formula is C25H24N4O2S. The summed E-state index contributed by atoms with van der Waals surface area (Å²) in [6, 6.07) is 18.1. The molecule has 1 N–H and O–H groups in total. The van der Waals surface area contributed by atoms with Crippen LogP contribution in [0.15, 0.2) is 66.2 Å². The number of carbonyl (C=O) groups excluding carboxylic acids is 1. The van der Waals surface area contributed by atoms with Crippen LogP contribution < -0.4 is 5.32 Å². The van der Waals surface area contributed by atoms with E-state index in [1.54, 1.807) is 18.3 Å². The van der Waals surface area contributed by atoms with E-state index in [9.17, 15) is 4.79 Å². The molecule has 4 rings (SSSR count). The fraction of sp³-hybridized carbons (Fsp3) is 0.200. The van der Waals surface area contributed by atoms with Crippen LogP contribution in [0.4, 0.5) is 5.82 Å². The molecule has 0 aliphatic heterocycles. The quantitative estimate of drug-likeness (QED) is 0.366. The Labute approximate surface area is 191 Å². The topological polar surface area (TPSA) is 77.0 Å². The molecule has 2 heterocycles. The van der Waals surface area contributed by atoms with Crippen LogP contribution in [0.3, 0.4) is 0 Å². The summed E-state index contributed by atoms with van der Waals surface area (Å²) in [5.41, 5.74) is 4.52. The normalized spacial score (nSPS) is 10.7. The molecule has 6 nitrogen and oxygen atoms in total. The second-order valence-corrected chi connectivity index (χ2v) is 8.23. The summed E-state index contributed by atoms with van der Waals surface area (Å²) < 4.78 is 5.17. The van der Waals surface area contributed by atoms with E-state index in [1.165, 1.54) is 11.8 Å². The van der Waals surface area contributed by atoms with E-state index in [0.717, 1.165) is 28.2 Å². The van der Waals surface area contributed by atoms with Crippen LogP contribution in [-0.2, 0) is 11.2 Å². The number of aryl methyl sites for hydroxylation is 1. The zero-order valence-corrected chi connectivity index (χ0v) is 18.9. The van der Waals surface area contributed by atoms with Crippen molar-refractivity contribution in [2.45, 2.75) is 20.3 Å². The second kappa shape index (κ2) is 10.2. The lowest BCUT2D eigenvalue weighted by molar-refractivity contribution is 0.0526. The lowest BCUT2D eigenvalue weighted by Gasteiger charge is -2.12. The maximum Gasteiger partial charge on any atom is 0.343 e. The summed E-state index contributed by atoms with van der Waals surface area (Å²) in [7, 11) is 0. The second-order valence-electron chi connectivity index (χ2n) is 7.17. The number of aromatic nitrogens is 3. The fourth-order valence-electron chi connectivity index (χ4n) is 3.26. The Morgan fingerprint density at radius 3 is 2.50 bits per heavy atom. The molecule has 4 aromatic rings. The molecule has 0 aliphatic rings. The van der Waals surface area contributed by atoms with Crippen molar-refractivity contribution in [3.8, 4) is 22.6 Å². The smallest absolute Gasteiger partial charge is 0.343 e. The van der Waals surface area contributed by atoms with Gasteiger partial charge < -0.3 is 10.1 Å². The summed E-state index contributed by atoms with van der Waals surface area (Å²) >= 11 is 1.65. The average Bonchev–Trinajstić information content (AvgIpc) is 3.26. The van der Waals surface area contributed by atoms with E-state index in [-0.39, 0.29) is 0 Å². The van der Waals surface area contributed by atoms with Crippen molar-refractivity contribution in [2.75, 3.05) is 18.5 Å². The zero-order chi connectivity index (χ0) is 22.3. The van der Waals surface area contributed by atoms with Gasteiger partial charge in [-0.3, -0.25) is 0 Å². The lowest BCUT2D eigenvalue weighted by Crippen LogP contribution is -2.14. The maximum atomic E-state index is 12.4. The molecule has 0 atom stereocenters. The Balaban J connectivity index is 1.48. The molecule has 0 saturated carbocycles. The van der Waals surface area contributed by atoms with Gasteiger partial charge in [0.15, 0.2) is 5.82 Å². The van der Waals surface area contributed by atoms with E-state index >= 15 is 0 Å². The van der Waals surface area contributed by atoms with Crippen LogP contribution in [0.25, 0.3) is 22.6 Å². The van der Waals surface area contributed by atoms with E-state index in [2.05, 4.69) is 49.9 Å². The predicted octanol–water partition coefficient (Wildman–Crippen LogP) is 5.41. The number of thiazole rings is 1. The first-order valence-electron chi connectivity index (χ1n) is 10.5. The SMILES string of the molecule is CCOC(=O)c1cnc(-c2ccccc2)nc1NCCc1ccc(-c2csc(C)n2)cc1. The van der Waals surface area contributed by atoms with E-state index in [1.807, 2.05) is 37.3 Å². The Bertz CT molecular complexity index is 1190. The number of hydrogen-bond acceptors (Lipinski definition) is 7. The van der Waals surface area contributed by atoms with Crippen LogP contribution in [0.1, 0.15) is 27.9 Å². The summed E-state index contributed by atoms with van der Waals surface area (Å²) in [5, 5.41) is 6.43. The minimum atomic E-state index is -0.433. The highest BCUT2D eigenvalue weighted by Crippen LogP contribution is 2.23. The minimum absolute atomic E-state index is 0.295. The van der Waals surface area contributed by atoms with E-state index in [0.29, 0.717) is 30.4 Å². The number of rotatable bonds is 8. The highest BCUT2D eigenvalue weighted by molar-refractivity contribution is 7.09. The zero-order valence-electron chi connectivity index (χ0n) is 18.0. The van der Waals surface area contributed by atoms with Gasteiger partial charge in [0.2, 0.25) is 0 Å². The third-order valence-corrected chi connectivity index (χ3v) is 5.66. The molecule has 2 aromatic carbocycles. The first-order chi connectivity index (χ1) is 15.6. The Hall–Kier alpha value is -3.58. The van der Waals surface area contributed by atoms with Gasteiger partial charge in [-0.25, -0.2) is 19.7 Å². The Morgan fingerprint density at radius 2 is 1.81 bits per heavy atom. The number of ether oxygens (including phenoxy) is 1. The van der Waals surface area contributed by atoms with Crippen molar-refractivity contribution in [1.82, 2.24) is 15.0 Å². The summed E-state index contributed by atoms with van der Waals surface area (Å²) in [6.45, 7) is 4.70. The highest BCUT2D eigenvalue weighted by Gasteiger charge is 2.16. The van der Waals surface area contributed by atoms with Crippen LogP contribution in [0.2, 0.25) is 0 Å². The van der Waals surface area contributed by atoms with Gasteiger partial charge in [0.1, 0.15) is 11.4 Å². The van der Waals surface area contributed by atoms with Crippen molar-refractivity contribution in [3.05, 3.63) is 82.3 Å². The number of carbonyl (C=O) groups is 1. The molecule has 0 saturated heterocycles. The number of hydrogen-bond donors (Lipinski definition) is 1. The highest BCUT2D eigenvalue weighted by atomic mass is 32.1. The molecule has 0 amide bonds. The molecule has 0 unspecified atom stereocenters. The fourth-order valence-corrected chi connectivity index (χ4v) is 3.89. The van der Waals surface area contributed by atoms with Crippen molar-refractivity contribution < 1.29 is 9.53 Å². The van der Waals surface area contributed by atoms with Crippen molar-refractivity contribution in [1.29, 1.82) is 0 Å². The summed E-state index contributed by atoms with van der Waals surface area (Å²) in [6.07, 6.45) is 2.31. The van der Waals surface area contributed by atoms with Crippen LogP contribution in [0, 0.1) is 6.92 Å². The molecule has 0 fully saturated rings. The van der Waals surface area contributed by atoms with Gasteiger partial charge in [-0.2, -0.15) is 0 Å². The van der Waals surface area contributed by atoms with Crippen molar-refractivity contribution in [3.63, 3.8) is 0 Å². The van der Waals surface area contributed by atoms with Crippen LogP contribution >= 0.6 is 11.3 Å². The van der Waals surface area contributed by atoms with E-state index < -0.39 is 5.97 Å². The van der Waals surface area contributed by atoms with Crippen molar-refractivity contribution in [2.24, 2.45) is 0 Å². The molecule has 0 spiro atoms. The molecule has 162 valence electrons. The Kier molecular flexibility index (Phi) is 6.87. The molecule has 7 heteroatoms. The summed E-state index contributed by atoms with van der Waals surface area (Å²) in [4.78, 5) is 25.9. The third kappa shape index (κ3) is 5.18. The first kappa shape index (κ1) is 21.6. The molecule has 32 heavy (non-hydrogen) atoms. The molecular weight excluding hydrogens is 420 g/mol. The number of benzene rings is 2. The molecule has 0 bridgehead atoms. The van der Waals surface area contributed by atoms with Gasteiger partial charge in [0, 0.05) is 29.2 Å². The third-order valence-electron chi connectivity index (χ3n) is 4.89. The number of esters is 1. The summed E-state index contributed by atoms with van der Waals surface area (Å²) in [5.74, 6) is 0.605. The molecule has 2 aromatic heterocycles. The first-order valence-corrected chi connectivity index (χ1v) is 11.4. The van der Waals surface area contributed by atoms with Gasteiger partial charge in [-0.1, -0.05) is 54.6 Å². The maximum absolute atomic E-state index is 12.4. The average molecular weight is 445 g/mol. The largest absolute Gasteiger partial charge is 0.462 e. The van der Waals surface area contributed by atoms with Gasteiger partial charge in [-0.05, 0) is 25.8 Å². The number of nitrogens with one attached hydrogen (secondary N) is 1. The minimum Gasteiger partial charge on any atom is -0.462 e. The van der Waals surface area contributed by atoms with E-state index in [4.69, 9.17) is 4.74 Å². The van der Waals surface area contributed by atoms with Gasteiger partial charge in [0.05, 0.1) is 17.3 Å². The monoisotopic (exact) mass is 444 g/mol. The van der Waals surface area contributed by atoms with Crippen LogP contribution in [-0.4, -0.2) is 34.1 Å². The van der Waals surface area contributed by atoms with Crippen molar-refractivity contribution >= 4 is 23.1 Å². The lowest BCUT2D eigenvalue weighted by atomic mass is 10.1. The predicted molar refractivity (Wildman–Crippen MR) is 128 cm³/mol. The number of nitrogens with zero attached hydrogens (tertiary/aromatic N) is 3. The molecule has 0 aliphatic carbocycles.